The standard InChI is InChI=1S/C25H26BrN3OS/c26-20-9-6-7-18(15-20)17-30-24-14-13-19-8-4-5-12-22(19)23(24)16-27-29-25(31)28-21-10-2-1-3-11-21/h4-9,12-16,21H,1-3,10-11,17H2,(H2,28,29,31)/b27-16+. The first kappa shape index (κ1) is 21.8. The van der Waals surface area contributed by atoms with Gasteiger partial charge in [-0.3, -0.25) is 5.43 Å². The molecule has 4 rings (SSSR count). The van der Waals surface area contributed by atoms with Gasteiger partial charge in [0.05, 0.1) is 6.21 Å². The van der Waals surface area contributed by atoms with Gasteiger partial charge in [0, 0.05) is 16.1 Å². The van der Waals surface area contributed by atoms with Gasteiger partial charge in [-0.15, -0.1) is 0 Å². The van der Waals surface area contributed by atoms with Crippen LogP contribution >= 0.6 is 28.1 Å². The summed E-state index contributed by atoms with van der Waals surface area (Å²) in [6, 6.07) is 20.9. The quantitative estimate of drug-likeness (QED) is 0.239. The highest BCUT2D eigenvalue weighted by Crippen LogP contribution is 2.27. The first-order chi connectivity index (χ1) is 15.2. The first-order valence-corrected chi connectivity index (χ1v) is 11.9. The van der Waals surface area contributed by atoms with Crippen molar-refractivity contribution in [1.82, 2.24) is 10.7 Å². The maximum absolute atomic E-state index is 6.18. The van der Waals surface area contributed by atoms with Gasteiger partial charge in [-0.25, -0.2) is 0 Å². The molecule has 0 spiro atoms. The molecule has 1 aliphatic rings. The van der Waals surface area contributed by atoms with Gasteiger partial charge in [-0.2, -0.15) is 5.10 Å². The number of halogens is 1. The molecule has 31 heavy (non-hydrogen) atoms. The predicted molar refractivity (Wildman–Crippen MR) is 136 cm³/mol. The zero-order valence-corrected chi connectivity index (χ0v) is 19.7. The van der Waals surface area contributed by atoms with Gasteiger partial charge >= 0.3 is 0 Å². The molecule has 0 atom stereocenters. The Morgan fingerprint density at radius 3 is 2.74 bits per heavy atom. The Kier molecular flexibility index (Phi) is 7.54. The van der Waals surface area contributed by atoms with Gasteiger partial charge in [0.1, 0.15) is 12.4 Å². The normalized spacial score (nSPS) is 14.6. The minimum absolute atomic E-state index is 0.450. The van der Waals surface area contributed by atoms with E-state index >= 15 is 0 Å². The van der Waals surface area contributed by atoms with Crippen molar-refractivity contribution >= 4 is 50.2 Å². The van der Waals surface area contributed by atoms with Crippen molar-refractivity contribution in [3.63, 3.8) is 0 Å². The number of ether oxygens (including phenoxy) is 1. The van der Waals surface area contributed by atoms with E-state index in [2.05, 4.69) is 62.1 Å². The fourth-order valence-electron chi connectivity index (χ4n) is 3.94. The molecule has 1 fully saturated rings. The van der Waals surface area contributed by atoms with Crippen LogP contribution in [0.1, 0.15) is 43.2 Å². The number of thiocarbonyl (C=S) groups is 1. The van der Waals surface area contributed by atoms with E-state index in [0.29, 0.717) is 17.8 Å². The molecule has 1 saturated carbocycles. The van der Waals surface area contributed by atoms with Gasteiger partial charge in [-0.05, 0) is 59.6 Å². The summed E-state index contributed by atoms with van der Waals surface area (Å²) in [6.07, 6.45) is 7.98. The van der Waals surface area contributed by atoms with Crippen molar-refractivity contribution in [3.05, 3.63) is 76.3 Å². The Hall–Kier alpha value is -2.44. The molecule has 4 nitrogen and oxygen atoms in total. The molecule has 0 saturated heterocycles. The van der Waals surface area contributed by atoms with Crippen molar-refractivity contribution in [2.75, 3.05) is 0 Å². The Labute approximate surface area is 197 Å². The monoisotopic (exact) mass is 495 g/mol. The van der Waals surface area contributed by atoms with Crippen molar-refractivity contribution in [2.45, 2.75) is 44.8 Å². The number of hydrogen-bond donors (Lipinski definition) is 2. The molecule has 0 aliphatic heterocycles. The number of benzene rings is 3. The van der Waals surface area contributed by atoms with Crippen LogP contribution in [0.5, 0.6) is 5.75 Å². The molecular weight excluding hydrogens is 470 g/mol. The highest BCUT2D eigenvalue weighted by Gasteiger charge is 2.13. The Balaban J connectivity index is 1.49. The zero-order chi connectivity index (χ0) is 21.5. The lowest BCUT2D eigenvalue weighted by Gasteiger charge is -2.23. The van der Waals surface area contributed by atoms with Crippen molar-refractivity contribution < 1.29 is 4.74 Å². The highest BCUT2D eigenvalue weighted by molar-refractivity contribution is 9.10. The molecule has 0 radical (unpaired) electrons. The molecule has 0 heterocycles. The summed E-state index contributed by atoms with van der Waals surface area (Å²) >= 11 is 8.95. The van der Waals surface area contributed by atoms with Gasteiger partial charge in [0.25, 0.3) is 0 Å². The average Bonchev–Trinajstić information content (AvgIpc) is 2.79. The lowest BCUT2D eigenvalue weighted by molar-refractivity contribution is 0.306. The number of nitrogens with zero attached hydrogens (tertiary/aromatic N) is 1. The molecule has 0 aromatic heterocycles. The zero-order valence-electron chi connectivity index (χ0n) is 17.3. The van der Waals surface area contributed by atoms with Crippen LogP contribution < -0.4 is 15.5 Å². The second-order valence-electron chi connectivity index (χ2n) is 7.80. The van der Waals surface area contributed by atoms with Crippen molar-refractivity contribution in [1.29, 1.82) is 0 Å². The van der Waals surface area contributed by atoms with Crippen LogP contribution in [0.15, 0.2) is 70.2 Å². The van der Waals surface area contributed by atoms with Gasteiger partial charge in [-0.1, -0.05) is 77.7 Å². The number of hydrogen-bond acceptors (Lipinski definition) is 3. The van der Waals surface area contributed by atoms with E-state index in [0.717, 1.165) is 32.1 Å². The van der Waals surface area contributed by atoms with Gasteiger partial charge < -0.3 is 10.1 Å². The van der Waals surface area contributed by atoms with Crippen LogP contribution in [-0.2, 0) is 6.61 Å². The molecule has 3 aromatic carbocycles. The second-order valence-corrected chi connectivity index (χ2v) is 9.12. The highest BCUT2D eigenvalue weighted by atomic mass is 79.9. The summed E-state index contributed by atoms with van der Waals surface area (Å²) in [5, 5.41) is 10.6. The number of nitrogens with one attached hydrogen (secondary N) is 2. The van der Waals surface area contributed by atoms with Gasteiger partial charge in [0.2, 0.25) is 0 Å². The summed E-state index contributed by atoms with van der Waals surface area (Å²) in [4.78, 5) is 0. The van der Waals surface area contributed by atoms with E-state index in [1.807, 2.05) is 30.3 Å². The number of rotatable bonds is 6. The van der Waals surface area contributed by atoms with E-state index in [4.69, 9.17) is 17.0 Å². The minimum Gasteiger partial charge on any atom is -0.488 e. The predicted octanol–water partition coefficient (Wildman–Crippen LogP) is 6.31. The number of fused-ring (bicyclic) bond motifs is 1. The van der Waals surface area contributed by atoms with Crippen LogP contribution in [0.3, 0.4) is 0 Å². The average molecular weight is 496 g/mol. The lowest BCUT2D eigenvalue weighted by Crippen LogP contribution is -2.40. The third-order valence-electron chi connectivity index (χ3n) is 5.51. The Morgan fingerprint density at radius 1 is 1.06 bits per heavy atom. The van der Waals surface area contributed by atoms with E-state index in [1.54, 1.807) is 6.21 Å². The Bertz CT molecular complexity index is 1080. The third kappa shape index (κ3) is 6.05. The summed E-state index contributed by atoms with van der Waals surface area (Å²) in [7, 11) is 0. The molecule has 6 heteroatoms. The van der Waals surface area contributed by atoms with Crippen LogP contribution in [0.2, 0.25) is 0 Å². The maximum atomic E-state index is 6.18. The fourth-order valence-corrected chi connectivity index (χ4v) is 4.61. The van der Waals surface area contributed by atoms with E-state index in [9.17, 15) is 0 Å². The summed E-state index contributed by atoms with van der Waals surface area (Å²) in [6.45, 7) is 0.480. The smallest absolute Gasteiger partial charge is 0.187 e. The molecule has 0 amide bonds. The van der Waals surface area contributed by atoms with Crippen LogP contribution in [0, 0.1) is 0 Å². The molecule has 1 aliphatic carbocycles. The van der Waals surface area contributed by atoms with Crippen LogP contribution in [0.25, 0.3) is 10.8 Å². The second kappa shape index (κ2) is 10.7. The van der Waals surface area contributed by atoms with E-state index in [1.165, 1.54) is 32.1 Å². The fraction of sp³-hybridized carbons (Fsp3) is 0.280. The topological polar surface area (TPSA) is 45.7 Å². The van der Waals surface area contributed by atoms with Crippen molar-refractivity contribution in [2.24, 2.45) is 5.10 Å². The lowest BCUT2D eigenvalue weighted by atomic mass is 9.96. The van der Waals surface area contributed by atoms with Crippen molar-refractivity contribution in [3.8, 4) is 5.75 Å². The summed E-state index contributed by atoms with van der Waals surface area (Å²) in [5.74, 6) is 0.787. The summed E-state index contributed by atoms with van der Waals surface area (Å²) in [5.41, 5.74) is 5.01. The van der Waals surface area contributed by atoms with E-state index < -0.39 is 0 Å². The SMILES string of the molecule is S=C(N/N=C/c1c(OCc2cccc(Br)c2)ccc2ccccc12)NC1CCCCC1. The molecular formula is C25H26BrN3OS. The molecule has 2 N–H and O–H groups in total. The first-order valence-electron chi connectivity index (χ1n) is 10.7. The minimum atomic E-state index is 0.450. The van der Waals surface area contributed by atoms with Crippen LogP contribution in [-0.4, -0.2) is 17.4 Å². The molecule has 0 bridgehead atoms. The van der Waals surface area contributed by atoms with E-state index in [-0.39, 0.29) is 0 Å². The Morgan fingerprint density at radius 2 is 1.90 bits per heavy atom. The number of hydrazone groups is 1. The molecule has 160 valence electrons. The maximum Gasteiger partial charge on any atom is 0.187 e. The largest absolute Gasteiger partial charge is 0.488 e. The summed E-state index contributed by atoms with van der Waals surface area (Å²) < 4.78 is 7.22. The van der Waals surface area contributed by atoms with Crippen LogP contribution in [0.4, 0.5) is 0 Å². The molecule has 0 unspecified atom stereocenters. The molecule has 3 aromatic rings. The van der Waals surface area contributed by atoms with Gasteiger partial charge in [0.15, 0.2) is 5.11 Å². The third-order valence-corrected chi connectivity index (χ3v) is 6.22.